The van der Waals surface area contributed by atoms with Gasteiger partial charge in [-0.15, -0.1) is 0 Å². The van der Waals surface area contributed by atoms with Crippen molar-refractivity contribution in [2.24, 2.45) is 0 Å². The summed E-state index contributed by atoms with van der Waals surface area (Å²) in [6.45, 7) is 2.07. The number of amides is 1. The smallest absolute Gasteiger partial charge is 0.301 e. The number of methoxy groups -OCH3 is 1. The average Bonchev–Trinajstić information content (AvgIpc) is 3.41. The van der Waals surface area contributed by atoms with E-state index in [1.54, 1.807) is 55.6 Å². The Labute approximate surface area is 211 Å². The zero-order chi connectivity index (χ0) is 24.7. The highest BCUT2D eigenvalue weighted by molar-refractivity contribution is 7.22. The number of anilines is 1. The molecule has 0 saturated carbocycles. The second kappa shape index (κ2) is 9.17. The first-order valence-corrected chi connectivity index (χ1v) is 12.2. The molecule has 0 unspecified atom stereocenters. The van der Waals surface area contributed by atoms with Crippen LogP contribution in [0.4, 0.5) is 5.13 Å². The highest BCUT2D eigenvalue weighted by Gasteiger charge is 2.48. The Morgan fingerprint density at radius 1 is 1.11 bits per heavy atom. The molecule has 4 aromatic rings. The number of Topliss-reactive ketones (excluding diaryl/α,β-unsaturated/α-hetero) is 1. The Bertz CT molecular complexity index is 1490. The predicted molar refractivity (Wildman–Crippen MR) is 138 cm³/mol. The first kappa shape index (κ1) is 23.1. The lowest BCUT2D eigenvalue weighted by atomic mass is 9.95. The maximum absolute atomic E-state index is 13.4. The highest BCUT2D eigenvalue weighted by Crippen LogP contribution is 2.44. The third-order valence-electron chi connectivity index (χ3n) is 6.03. The van der Waals surface area contributed by atoms with Gasteiger partial charge >= 0.3 is 5.91 Å². The van der Waals surface area contributed by atoms with E-state index in [9.17, 15) is 14.7 Å². The predicted octanol–water partition coefficient (Wildman–Crippen LogP) is 6.15. The average molecular weight is 505 g/mol. The Morgan fingerprint density at radius 2 is 1.89 bits per heavy atom. The molecular weight excluding hydrogens is 484 g/mol. The molecule has 1 atom stereocenters. The van der Waals surface area contributed by atoms with E-state index in [-0.39, 0.29) is 11.3 Å². The standard InChI is InChI=1S/C27H21ClN2O4S/c1-3-15-7-12-20-21(13-15)35-27(29-20)30-23(17-5-4-6-18(28)14-17)22(25(32)26(30)33)24(31)16-8-10-19(34-2)11-9-16/h4-14,23,31H,3H2,1-2H3/b24-22+/t23-/m1/s1. The molecule has 35 heavy (non-hydrogen) atoms. The third-order valence-corrected chi connectivity index (χ3v) is 7.28. The van der Waals surface area contributed by atoms with Crippen molar-refractivity contribution < 1.29 is 19.4 Å². The van der Waals surface area contributed by atoms with Gasteiger partial charge in [0.1, 0.15) is 11.5 Å². The minimum absolute atomic E-state index is 0.0177. The van der Waals surface area contributed by atoms with Gasteiger partial charge in [0, 0.05) is 10.6 Å². The second-order valence-corrected chi connectivity index (χ2v) is 9.55. The van der Waals surface area contributed by atoms with Crippen LogP contribution in [0.5, 0.6) is 5.75 Å². The number of aryl methyl sites for hydroxylation is 1. The Kier molecular flexibility index (Phi) is 6.05. The SMILES string of the molecule is CCc1ccc2nc(N3C(=O)C(=O)/C(=C(/O)c4ccc(OC)cc4)[C@H]3c3cccc(Cl)c3)sc2c1. The Morgan fingerprint density at radius 3 is 2.57 bits per heavy atom. The van der Waals surface area contributed by atoms with E-state index in [1.807, 2.05) is 18.2 Å². The largest absolute Gasteiger partial charge is 0.507 e. The summed E-state index contributed by atoms with van der Waals surface area (Å²) in [7, 11) is 1.54. The number of ether oxygens (including phenoxy) is 1. The number of nitrogens with zero attached hydrogens (tertiary/aromatic N) is 2. The molecule has 1 fully saturated rings. The van der Waals surface area contributed by atoms with Crippen molar-refractivity contribution in [2.45, 2.75) is 19.4 Å². The molecule has 1 aliphatic rings. The molecule has 0 spiro atoms. The van der Waals surface area contributed by atoms with Gasteiger partial charge in [-0.05, 0) is 66.1 Å². The first-order valence-electron chi connectivity index (χ1n) is 11.0. The molecule has 8 heteroatoms. The number of aromatic nitrogens is 1. The highest BCUT2D eigenvalue weighted by atomic mass is 35.5. The van der Waals surface area contributed by atoms with E-state index in [1.165, 1.54) is 16.2 Å². The zero-order valence-electron chi connectivity index (χ0n) is 19.0. The van der Waals surface area contributed by atoms with Crippen LogP contribution in [0.1, 0.15) is 29.7 Å². The van der Waals surface area contributed by atoms with Gasteiger partial charge in [0.25, 0.3) is 5.78 Å². The van der Waals surface area contributed by atoms with E-state index >= 15 is 0 Å². The molecule has 5 rings (SSSR count). The maximum atomic E-state index is 13.4. The number of ketones is 1. The lowest BCUT2D eigenvalue weighted by Crippen LogP contribution is -2.29. The molecule has 1 aliphatic heterocycles. The number of carbonyl (C=O) groups excluding carboxylic acids is 2. The van der Waals surface area contributed by atoms with E-state index in [4.69, 9.17) is 16.3 Å². The van der Waals surface area contributed by atoms with Crippen LogP contribution < -0.4 is 9.64 Å². The number of thiazole rings is 1. The number of rotatable bonds is 5. The number of aliphatic hydroxyl groups is 1. The van der Waals surface area contributed by atoms with Crippen molar-refractivity contribution in [3.8, 4) is 5.75 Å². The van der Waals surface area contributed by atoms with Crippen LogP contribution in [0.3, 0.4) is 0 Å². The number of hydrogen-bond acceptors (Lipinski definition) is 6. The van der Waals surface area contributed by atoms with Gasteiger partial charge < -0.3 is 9.84 Å². The molecular formula is C27H21ClN2O4S. The number of halogens is 1. The quantitative estimate of drug-likeness (QED) is 0.200. The van der Waals surface area contributed by atoms with E-state index < -0.39 is 17.7 Å². The molecule has 2 heterocycles. The summed E-state index contributed by atoms with van der Waals surface area (Å²) in [5, 5.41) is 12.1. The second-order valence-electron chi connectivity index (χ2n) is 8.10. The monoisotopic (exact) mass is 504 g/mol. The summed E-state index contributed by atoms with van der Waals surface area (Å²) in [6.07, 6.45) is 0.873. The van der Waals surface area contributed by atoms with Crippen molar-refractivity contribution in [3.63, 3.8) is 0 Å². The minimum Gasteiger partial charge on any atom is -0.507 e. The van der Waals surface area contributed by atoms with Gasteiger partial charge in [0.15, 0.2) is 5.13 Å². The number of benzene rings is 3. The fraction of sp³-hybridized carbons (Fsp3) is 0.148. The molecule has 1 aromatic heterocycles. The molecule has 1 saturated heterocycles. The lowest BCUT2D eigenvalue weighted by Gasteiger charge is -2.23. The fourth-order valence-corrected chi connectivity index (χ4v) is 5.46. The summed E-state index contributed by atoms with van der Waals surface area (Å²) in [5.41, 5.74) is 2.87. The van der Waals surface area contributed by atoms with Gasteiger partial charge in [-0.1, -0.05) is 48.1 Å². The van der Waals surface area contributed by atoms with Crippen molar-refractivity contribution in [2.75, 3.05) is 12.0 Å². The number of hydrogen-bond donors (Lipinski definition) is 1. The van der Waals surface area contributed by atoms with Crippen molar-refractivity contribution >= 4 is 55.7 Å². The van der Waals surface area contributed by atoms with Crippen LogP contribution in [0.15, 0.2) is 72.3 Å². The summed E-state index contributed by atoms with van der Waals surface area (Å²) >= 11 is 7.61. The first-order chi connectivity index (χ1) is 16.9. The van der Waals surface area contributed by atoms with Crippen LogP contribution in [-0.2, 0) is 16.0 Å². The number of carbonyl (C=O) groups is 2. The van der Waals surface area contributed by atoms with Crippen molar-refractivity contribution in [1.82, 2.24) is 4.98 Å². The normalized spacial score (nSPS) is 17.3. The summed E-state index contributed by atoms with van der Waals surface area (Å²) in [4.78, 5) is 32.7. The van der Waals surface area contributed by atoms with Gasteiger partial charge in [-0.2, -0.15) is 0 Å². The molecule has 0 aliphatic carbocycles. The number of fused-ring (bicyclic) bond motifs is 1. The molecule has 3 aromatic carbocycles. The van der Waals surface area contributed by atoms with Crippen LogP contribution in [-0.4, -0.2) is 28.9 Å². The molecule has 176 valence electrons. The zero-order valence-corrected chi connectivity index (χ0v) is 20.6. The van der Waals surface area contributed by atoms with Crippen molar-refractivity contribution in [3.05, 3.63) is 94.0 Å². The Balaban J connectivity index is 1.70. The van der Waals surface area contributed by atoms with E-state index in [0.717, 1.165) is 22.2 Å². The Hall–Kier alpha value is -3.68. The summed E-state index contributed by atoms with van der Waals surface area (Å²) in [6, 6.07) is 18.6. The van der Waals surface area contributed by atoms with Crippen molar-refractivity contribution in [1.29, 1.82) is 0 Å². The third kappa shape index (κ3) is 4.07. The number of aliphatic hydroxyl groups excluding tert-OH is 1. The van der Waals surface area contributed by atoms with Gasteiger partial charge in [-0.25, -0.2) is 4.98 Å². The fourth-order valence-electron chi connectivity index (χ4n) is 4.21. The molecule has 6 nitrogen and oxygen atoms in total. The van der Waals surface area contributed by atoms with Crippen LogP contribution >= 0.6 is 22.9 Å². The van der Waals surface area contributed by atoms with Crippen LogP contribution in [0.25, 0.3) is 16.0 Å². The topological polar surface area (TPSA) is 79.7 Å². The van der Waals surface area contributed by atoms with Gasteiger partial charge in [0.2, 0.25) is 0 Å². The van der Waals surface area contributed by atoms with E-state index in [2.05, 4.69) is 11.9 Å². The molecule has 0 radical (unpaired) electrons. The molecule has 1 N–H and O–H groups in total. The molecule has 1 amide bonds. The van der Waals surface area contributed by atoms with Crippen LogP contribution in [0.2, 0.25) is 5.02 Å². The van der Waals surface area contributed by atoms with Gasteiger partial charge in [0.05, 0.1) is 28.9 Å². The lowest BCUT2D eigenvalue weighted by molar-refractivity contribution is -0.132. The summed E-state index contributed by atoms with van der Waals surface area (Å²) in [5.74, 6) is -1.20. The summed E-state index contributed by atoms with van der Waals surface area (Å²) < 4.78 is 6.11. The molecule has 0 bridgehead atoms. The minimum atomic E-state index is -0.887. The van der Waals surface area contributed by atoms with Gasteiger partial charge in [-0.3, -0.25) is 14.5 Å². The van der Waals surface area contributed by atoms with Crippen LogP contribution in [0, 0.1) is 0 Å². The maximum Gasteiger partial charge on any atom is 0.301 e. The van der Waals surface area contributed by atoms with E-state index in [0.29, 0.717) is 27.0 Å².